The Kier molecular flexibility index (Phi) is 7.34. The molecular weight excluding hydrogens is 384 g/mol. The average Bonchev–Trinajstić information content (AvgIpc) is 2.70. The number of carbonyl (C=O) groups is 2. The summed E-state index contributed by atoms with van der Waals surface area (Å²) in [6.45, 7) is -0.631. The van der Waals surface area contributed by atoms with Gasteiger partial charge < -0.3 is 24.4 Å². The van der Waals surface area contributed by atoms with Crippen LogP contribution >= 0.6 is 11.8 Å². The van der Waals surface area contributed by atoms with Crippen LogP contribution in [-0.2, 0) is 4.79 Å². The molecule has 0 saturated heterocycles. The molecule has 0 unspecified atom stereocenters. The number of benzene rings is 2. The molecule has 8 heteroatoms. The number of phenolic OH excluding ortho intramolecular Hbond substituents is 1. The van der Waals surface area contributed by atoms with Gasteiger partial charge in [0, 0.05) is 22.6 Å². The van der Waals surface area contributed by atoms with Gasteiger partial charge in [-0.05, 0) is 36.6 Å². The largest absolute Gasteiger partial charge is 0.507 e. The van der Waals surface area contributed by atoms with E-state index in [1.807, 2.05) is 0 Å². The van der Waals surface area contributed by atoms with Crippen LogP contribution in [0.2, 0.25) is 0 Å². The molecule has 2 rings (SSSR count). The van der Waals surface area contributed by atoms with Gasteiger partial charge in [-0.15, -0.1) is 11.8 Å². The van der Waals surface area contributed by atoms with Crippen molar-refractivity contribution in [3.05, 3.63) is 47.5 Å². The number of carboxylic acid groups (broad SMARTS) is 1. The monoisotopic (exact) mass is 404 g/mol. The highest BCUT2D eigenvalue weighted by molar-refractivity contribution is 7.98. The van der Waals surface area contributed by atoms with E-state index in [9.17, 15) is 14.7 Å². The summed E-state index contributed by atoms with van der Waals surface area (Å²) >= 11 is 1.25. The fourth-order valence-corrected chi connectivity index (χ4v) is 2.88. The molecule has 0 amide bonds. The van der Waals surface area contributed by atoms with Gasteiger partial charge in [0.2, 0.25) is 0 Å². The zero-order valence-electron chi connectivity index (χ0n) is 15.6. The van der Waals surface area contributed by atoms with Crippen molar-refractivity contribution in [1.82, 2.24) is 0 Å². The van der Waals surface area contributed by atoms with Crippen molar-refractivity contribution in [2.45, 2.75) is 4.90 Å². The van der Waals surface area contributed by atoms with Gasteiger partial charge in [-0.1, -0.05) is 0 Å². The van der Waals surface area contributed by atoms with Gasteiger partial charge in [-0.3, -0.25) is 4.79 Å². The lowest BCUT2D eigenvalue weighted by molar-refractivity contribution is -0.139. The molecule has 0 radical (unpaired) electrons. The topological polar surface area (TPSA) is 102 Å². The number of aliphatic carboxylic acids is 1. The zero-order valence-corrected chi connectivity index (χ0v) is 16.4. The first-order valence-electron chi connectivity index (χ1n) is 8.09. The summed E-state index contributed by atoms with van der Waals surface area (Å²) in [7, 11) is 3.05. The van der Waals surface area contributed by atoms with Crippen molar-refractivity contribution in [1.29, 1.82) is 0 Å². The smallest absolute Gasteiger partial charge is 0.341 e. The van der Waals surface area contributed by atoms with Crippen LogP contribution < -0.4 is 14.2 Å². The molecule has 0 heterocycles. The van der Waals surface area contributed by atoms with Gasteiger partial charge in [0.25, 0.3) is 0 Å². The highest BCUT2D eigenvalue weighted by Gasteiger charge is 2.16. The molecule has 2 aromatic rings. The second-order valence-electron chi connectivity index (χ2n) is 5.51. The lowest BCUT2D eigenvalue weighted by atomic mass is 10.1. The van der Waals surface area contributed by atoms with Crippen LogP contribution in [0, 0.1) is 0 Å². The molecule has 0 fully saturated rings. The summed E-state index contributed by atoms with van der Waals surface area (Å²) in [5, 5.41) is 18.8. The summed E-state index contributed by atoms with van der Waals surface area (Å²) in [5.74, 6) is -0.549. The van der Waals surface area contributed by atoms with E-state index in [1.165, 1.54) is 37.1 Å². The quantitative estimate of drug-likeness (QED) is 0.372. The summed E-state index contributed by atoms with van der Waals surface area (Å²) in [4.78, 5) is 24.0. The highest BCUT2D eigenvalue weighted by Crippen LogP contribution is 2.34. The van der Waals surface area contributed by atoms with Crippen molar-refractivity contribution in [3.8, 4) is 23.0 Å². The Balaban J connectivity index is 2.37. The van der Waals surface area contributed by atoms with Crippen LogP contribution in [0.4, 0.5) is 0 Å². The lowest BCUT2D eigenvalue weighted by Gasteiger charge is -2.11. The molecule has 0 aliphatic heterocycles. The van der Waals surface area contributed by atoms with Gasteiger partial charge in [-0.25, -0.2) is 4.79 Å². The molecule has 0 aliphatic rings. The van der Waals surface area contributed by atoms with Crippen molar-refractivity contribution in [2.24, 2.45) is 0 Å². The maximum absolute atomic E-state index is 12.7. The Morgan fingerprint density at radius 3 is 2.46 bits per heavy atom. The van der Waals surface area contributed by atoms with E-state index >= 15 is 0 Å². The molecule has 0 aromatic heterocycles. The van der Waals surface area contributed by atoms with Crippen LogP contribution in [0.1, 0.15) is 15.9 Å². The van der Waals surface area contributed by atoms with Gasteiger partial charge >= 0.3 is 5.97 Å². The fraction of sp³-hybridized carbons (Fsp3) is 0.200. The average molecular weight is 404 g/mol. The maximum atomic E-state index is 12.7. The Bertz CT molecular complexity index is 906. The minimum absolute atomic E-state index is 0.00551. The molecular formula is C20H20O7S. The first-order valence-corrected chi connectivity index (χ1v) is 9.32. The van der Waals surface area contributed by atoms with E-state index in [4.69, 9.17) is 19.3 Å². The minimum atomic E-state index is -1.19. The Labute approximate surface area is 166 Å². The second kappa shape index (κ2) is 9.70. The van der Waals surface area contributed by atoms with Crippen LogP contribution in [0.15, 0.2) is 41.3 Å². The second-order valence-corrected chi connectivity index (χ2v) is 6.36. The molecule has 0 atom stereocenters. The fourth-order valence-electron chi connectivity index (χ4n) is 2.38. The first-order chi connectivity index (χ1) is 13.4. The highest BCUT2D eigenvalue weighted by atomic mass is 32.2. The Hall–Kier alpha value is -3.13. The molecule has 28 heavy (non-hydrogen) atoms. The molecule has 2 N–H and O–H groups in total. The molecule has 0 bridgehead atoms. The molecule has 0 spiro atoms. The van der Waals surface area contributed by atoms with Crippen molar-refractivity contribution in [2.75, 3.05) is 27.1 Å². The van der Waals surface area contributed by atoms with E-state index in [0.717, 1.165) is 0 Å². The van der Waals surface area contributed by atoms with Gasteiger partial charge in [0.15, 0.2) is 12.4 Å². The van der Waals surface area contributed by atoms with Crippen LogP contribution in [0.3, 0.4) is 0 Å². The normalized spacial score (nSPS) is 10.7. The van der Waals surface area contributed by atoms with E-state index in [1.54, 1.807) is 37.6 Å². The number of ether oxygens (including phenoxy) is 3. The SMILES string of the molecule is COc1ccc(/C=C/C(=O)c2cc(SC)c(O)cc2OCC(=O)O)c(OC)c1. The van der Waals surface area contributed by atoms with E-state index in [2.05, 4.69) is 0 Å². The van der Waals surface area contributed by atoms with E-state index in [0.29, 0.717) is 22.0 Å². The van der Waals surface area contributed by atoms with Crippen molar-refractivity contribution >= 4 is 29.6 Å². The number of carboxylic acids is 1. The standard InChI is InChI=1S/C20H20O7S/c1-25-13-6-4-12(17(8-13)26-2)5-7-15(21)14-9-19(28-3)16(22)10-18(14)27-11-20(23)24/h4-10,22H,11H2,1-3H3,(H,23,24)/b7-5+. The van der Waals surface area contributed by atoms with Crippen LogP contribution in [-0.4, -0.2) is 49.0 Å². The number of thioether (sulfide) groups is 1. The van der Waals surface area contributed by atoms with Crippen LogP contribution in [0.5, 0.6) is 23.0 Å². The minimum Gasteiger partial charge on any atom is -0.507 e. The third kappa shape index (κ3) is 5.20. The van der Waals surface area contributed by atoms with Crippen molar-refractivity contribution in [3.63, 3.8) is 0 Å². The predicted molar refractivity (Wildman–Crippen MR) is 106 cm³/mol. The lowest BCUT2D eigenvalue weighted by Crippen LogP contribution is -2.11. The third-order valence-corrected chi connectivity index (χ3v) is 4.52. The number of hydrogen-bond acceptors (Lipinski definition) is 7. The van der Waals surface area contributed by atoms with Crippen molar-refractivity contribution < 1.29 is 34.0 Å². The summed E-state index contributed by atoms with van der Waals surface area (Å²) in [5.41, 5.74) is 0.806. The Morgan fingerprint density at radius 2 is 1.86 bits per heavy atom. The van der Waals surface area contributed by atoms with Crippen LogP contribution in [0.25, 0.3) is 6.08 Å². The molecule has 2 aromatic carbocycles. The maximum Gasteiger partial charge on any atom is 0.341 e. The number of phenols is 1. The van der Waals surface area contributed by atoms with Gasteiger partial charge in [0.05, 0.1) is 19.8 Å². The summed E-state index contributed by atoms with van der Waals surface area (Å²) < 4.78 is 15.6. The number of ketones is 1. The zero-order chi connectivity index (χ0) is 20.7. The number of carbonyl (C=O) groups excluding carboxylic acids is 1. The van der Waals surface area contributed by atoms with E-state index < -0.39 is 18.4 Å². The molecule has 0 saturated carbocycles. The predicted octanol–water partition coefficient (Wildman–Crippen LogP) is 3.49. The number of hydrogen-bond donors (Lipinski definition) is 2. The number of allylic oxidation sites excluding steroid dienone is 1. The summed E-state index contributed by atoms with van der Waals surface area (Å²) in [6.07, 6.45) is 4.65. The molecule has 7 nitrogen and oxygen atoms in total. The molecule has 0 aliphatic carbocycles. The summed E-state index contributed by atoms with van der Waals surface area (Å²) in [6, 6.07) is 7.88. The number of aromatic hydroxyl groups is 1. The Morgan fingerprint density at radius 1 is 1.11 bits per heavy atom. The first kappa shape index (κ1) is 21.2. The number of methoxy groups -OCH3 is 2. The van der Waals surface area contributed by atoms with E-state index in [-0.39, 0.29) is 17.1 Å². The van der Waals surface area contributed by atoms with Gasteiger partial charge in [0.1, 0.15) is 23.0 Å². The van der Waals surface area contributed by atoms with Gasteiger partial charge in [-0.2, -0.15) is 0 Å². The third-order valence-electron chi connectivity index (χ3n) is 3.75. The number of rotatable bonds is 9. The molecule has 148 valence electrons.